The van der Waals surface area contributed by atoms with Gasteiger partial charge in [-0.25, -0.2) is 0 Å². The highest BCUT2D eigenvalue weighted by Gasteiger charge is 2.27. The van der Waals surface area contributed by atoms with Crippen LogP contribution in [-0.4, -0.2) is 20.8 Å². The van der Waals surface area contributed by atoms with E-state index in [4.69, 9.17) is 24.4 Å². The second-order valence-electron chi connectivity index (χ2n) is 6.97. The molecule has 1 aliphatic heterocycles. The quantitative estimate of drug-likeness (QED) is 0.295. The SMILES string of the molecule is CCN1C(=S)SC(=Cc2ccc(N(c3ccccc3)c3ccccc3)cc2C)C1=S. The van der Waals surface area contributed by atoms with Crippen LogP contribution in [-0.2, 0) is 0 Å². The van der Waals surface area contributed by atoms with Crippen molar-refractivity contribution in [1.82, 2.24) is 4.90 Å². The van der Waals surface area contributed by atoms with E-state index in [-0.39, 0.29) is 0 Å². The fraction of sp³-hybridized carbons (Fsp3) is 0.120. The van der Waals surface area contributed by atoms with E-state index in [1.54, 1.807) is 11.8 Å². The van der Waals surface area contributed by atoms with Gasteiger partial charge >= 0.3 is 0 Å². The van der Waals surface area contributed by atoms with Crippen molar-refractivity contribution < 1.29 is 0 Å². The van der Waals surface area contributed by atoms with E-state index in [1.165, 1.54) is 5.56 Å². The molecule has 30 heavy (non-hydrogen) atoms. The lowest BCUT2D eigenvalue weighted by atomic mass is 10.1. The summed E-state index contributed by atoms with van der Waals surface area (Å²) in [4.78, 5) is 6.16. The van der Waals surface area contributed by atoms with Crippen molar-refractivity contribution in [2.24, 2.45) is 0 Å². The second kappa shape index (κ2) is 9.13. The maximum Gasteiger partial charge on any atom is 0.146 e. The average molecular weight is 447 g/mol. The lowest BCUT2D eigenvalue weighted by Gasteiger charge is -2.26. The van der Waals surface area contributed by atoms with Crippen LogP contribution < -0.4 is 4.90 Å². The molecule has 0 atom stereocenters. The van der Waals surface area contributed by atoms with E-state index in [0.29, 0.717) is 0 Å². The van der Waals surface area contributed by atoms with Gasteiger partial charge in [-0.05, 0) is 67.4 Å². The predicted octanol–water partition coefficient (Wildman–Crippen LogP) is 7.49. The lowest BCUT2D eigenvalue weighted by Crippen LogP contribution is -2.25. The Bertz CT molecular complexity index is 1070. The van der Waals surface area contributed by atoms with Crippen LogP contribution in [0, 0.1) is 6.92 Å². The number of aryl methyl sites for hydroxylation is 1. The summed E-state index contributed by atoms with van der Waals surface area (Å²) in [5.74, 6) is 0. The molecule has 1 aliphatic rings. The van der Waals surface area contributed by atoms with Gasteiger partial charge < -0.3 is 9.80 Å². The van der Waals surface area contributed by atoms with E-state index in [9.17, 15) is 0 Å². The monoisotopic (exact) mass is 446 g/mol. The van der Waals surface area contributed by atoms with Crippen LogP contribution in [0.1, 0.15) is 18.1 Å². The summed E-state index contributed by atoms with van der Waals surface area (Å²) >= 11 is 12.7. The first-order chi connectivity index (χ1) is 14.6. The third-order valence-corrected chi connectivity index (χ3v) is 6.98. The predicted molar refractivity (Wildman–Crippen MR) is 139 cm³/mol. The molecular formula is C25H22N2S3. The van der Waals surface area contributed by atoms with Gasteiger partial charge in [0, 0.05) is 23.6 Å². The third kappa shape index (κ3) is 4.19. The summed E-state index contributed by atoms with van der Waals surface area (Å²) in [6, 6.07) is 27.4. The Morgan fingerprint density at radius 3 is 1.97 bits per heavy atom. The standard InChI is InChI=1S/C25H22N2S3/c1-3-26-24(28)23(30-25(26)29)17-19-14-15-22(16-18(19)2)27(20-10-6-4-7-11-20)21-12-8-5-9-13-21/h4-17H,3H2,1-2H3. The van der Waals surface area contributed by atoms with E-state index >= 15 is 0 Å². The molecule has 0 radical (unpaired) electrons. The largest absolute Gasteiger partial charge is 0.317 e. The summed E-state index contributed by atoms with van der Waals surface area (Å²) in [5, 5.41) is 0. The van der Waals surface area contributed by atoms with Gasteiger partial charge in [-0.2, -0.15) is 0 Å². The van der Waals surface area contributed by atoms with Gasteiger partial charge in [0.25, 0.3) is 0 Å². The molecule has 1 saturated heterocycles. The zero-order valence-electron chi connectivity index (χ0n) is 16.9. The number of rotatable bonds is 5. The topological polar surface area (TPSA) is 6.48 Å². The maximum absolute atomic E-state index is 5.62. The van der Waals surface area contributed by atoms with Gasteiger partial charge in [-0.15, -0.1) is 0 Å². The van der Waals surface area contributed by atoms with Crippen molar-refractivity contribution in [2.45, 2.75) is 13.8 Å². The minimum Gasteiger partial charge on any atom is -0.317 e. The van der Waals surface area contributed by atoms with Gasteiger partial charge in [0.15, 0.2) is 0 Å². The Balaban J connectivity index is 1.72. The molecule has 1 heterocycles. The van der Waals surface area contributed by atoms with Crippen LogP contribution in [0.2, 0.25) is 0 Å². The van der Waals surface area contributed by atoms with Gasteiger partial charge in [0.2, 0.25) is 0 Å². The highest BCUT2D eigenvalue weighted by molar-refractivity contribution is 8.27. The van der Waals surface area contributed by atoms with Crippen LogP contribution in [0.25, 0.3) is 6.08 Å². The number of hydrogen-bond donors (Lipinski definition) is 0. The number of anilines is 3. The number of thiocarbonyl (C=S) groups is 2. The molecule has 0 aliphatic carbocycles. The molecule has 0 N–H and O–H groups in total. The van der Waals surface area contributed by atoms with Gasteiger partial charge in [-0.3, -0.25) is 0 Å². The van der Waals surface area contributed by atoms with Crippen LogP contribution >= 0.6 is 36.2 Å². The minimum atomic E-state index is 0.809. The first kappa shape index (κ1) is 20.8. The molecule has 5 heteroatoms. The maximum atomic E-state index is 5.62. The summed E-state index contributed by atoms with van der Waals surface area (Å²) in [6.45, 7) is 5.02. The molecule has 0 amide bonds. The summed E-state index contributed by atoms with van der Waals surface area (Å²) in [5.41, 5.74) is 5.74. The van der Waals surface area contributed by atoms with Gasteiger partial charge in [-0.1, -0.05) is 78.7 Å². The summed E-state index contributed by atoms with van der Waals surface area (Å²) in [6.07, 6.45) is 2.16. The van der Waals surface area contributed by atoms with Crippen molar-refractivity contribution in [1.29, 1.82) is 0 Å². The minimum absolute atomic E-state index is 0.809. The van der Waals surface area contributed by atoms with E-state index < -0.39 is 0 Å². The van der Waals surface area contributed by atoms with Crippen molar-refractivity contribution >= 4 is 68.6 Å². The first-order valence-electron chi connectivity index (χ1n) is 9.84. The van der Waals surface area contributed by atoms with Crippen LogP contribution in [0.4, 0.5) is 17.1 Å². The zero-order chi connectivity index (χ0) is 21.1. The first-order valence-corrected chi connectivity index (χ1v) is 11.5. The normalized spacial score (nSPS) is 15.1. The van der Waals surface area contributed by atoms with E-state index in [2.05, 4.69) is 91.6 Å². The molecule has 150 valence electrons. The van der Waals surface area contributed by atoms with Crippen molar-refractivity contribution in [3.05, 3.63) is 94.9 Å². The van der Waals surface area contributed by atoms with Crippen LogP contribution in [0.15, 0.2) is 83.8 Å². The number of thioether (sulfide) groups is 1. The molecule has 0 unspecified atom stereocenters. The summed E-state index contributed by atoms with van der Waals surface area (Å²) < 4.78 is 0.836. The lowest BCUT2D eigenvalue weighted by molar-refractivity contribution is 0.685. The molecule has 3 aromatic rings. The van der Waals surface area contributed by atoms with Gasteiger partial charge in [0.1, 0.15) is 9.31 Å². The fourth-order valence-corrected chi connectivity index (χ4v) is 5.39. The molecule has 1 fully saturated rings. The Labute approximate surface area is 193 Å². The zero-order valence-corrected chi connectivity index (χ0v) is 19.4. The molecular weight excluding hydrogens is 424 g/mol. The van der Waals surface area contributed by atoms with Crippen molar-refractivity contribution in [2.75, 3.05) is 11.4 Å². The molecule has 0 saturated carbocycles. The molecule has 3 aromatic carbocycles. The fourth-order valence-electron chi connectivity index (χ4n) is 3.48. The summed E-state index contributed by atoms with van der Waals surface area (Å²) in [7, 11) is 0. The average Bonchev–Trinajstić information content (AvgIpc) is 3.04. The van der Waals surface area contributed by atoms with E-state index in [1.807, 2.05) is 17.0 Å². The molecule has 2 nitrogen and oxygen atoms in total. The van der Waals surface area contributed by atoms with Crippen LogP contribution in [0.3, 0.4) is 0 Å². The smallest absolute Gasteiger partial charge is 0.146 e. The molecule has 0 aromatic heterocycles. The van der Waals surface area contributed by atoms with Crippen molar-refractivity contribution in [3.63, 3.8) is 0 Å². The molecule has 0 bridgehead atoms. The Morgan fingerprint density at radius 2 is 1.47 bits per heavy atom. The van der Waals surface area contributed by atoms with Gasteiger partial charge in [0.05, 0.1) is 4.91 Å². The number of hydrogen-bond acceptors (Lipinski definition) is 4. The second-order valence-corrected chi connectivity index (χ2v) is 9.04. The highest BCUT2D eigenvalue weighted by atomic mass is 32.2. The molecule has 0 spiro atoms. The number of nitrogens with zero attached hydrogens (tertiary/aromatic N) is 2. The van der Waals surface area contributed by atoms with Crippen molar-refractivity contribution in [3.8, 4) is 0 Å². The van der Waals surface area contributed by atoms with Crippen LogP contribution in [0.5, 0.6) is 0 Å². The highest BCUT2D eigenvalue weighted by Crippen LogP contribution is 2.37. The van der Waals surface area contributed by atoms with E-state index in [0.717, 1.165) is 43.4 Å². The Hall–Kier alpha value is -2.47. The number of benzene rings is 3. The Morgan fingerprint density at radius 1 is 0.867 bits per heavy atom. The Kier molecular flexibility index (Phi) is 6.32. The number of para-hydroxylation sites is 2. The third-order valence-electron chi connectivity index (χ3n) is 5.02. The number of likely N-dealkylation sites (N-methyl/N-ethyl adjacent to an activating group) is 1. The molecule has 4 rings (SSSR count).